The van der Waals surface area contributed by atoms with Gasteiger partial charge in [-0.2, -0.15) is 0 Å². The number of phenolic OH excluding ortho intramolecular Hbond substituents is 1. The van der Waals surface area contributed by atoms with Gasteiger partial charge in [0.2, 0.25) is 11.8 Å². The van der Waals surface area contributed by atoms with Gasteiger partial charge in [-0.1, -0.05) is 18.6 Å². The quantitative estimate of drug-likeness (QED) is 0.102. The number of carbonyl (C=O) groups is 6. The van der Waals surface area contributed by atoms with Crippen molar-refractivity contribution in [2.75, 3.05) is 67.9 Å². The van der Waals surface area contributed by atoms with E-state index < -0.39 is 47.4 Å². The number of fused-ring (bicyclic) bond motifs is 2. The number of thiazole rings is 1. The van der Waals surface area contributed by atoms with Crippen molar-refractivity contribution in [1.82, 2.24) is 29.9 Å². The molecule has 0 saturated carbocycles. The molecule has 9 rings (SSSR count). The van der Waals surface area contributed by atoms with Crippen LogP contribution >= 0.6 is 11.3 Å². The van der Waals surface area contributed by atoms with Crippen molar-refractivity contribution < 1.29 is 38.3 Å². The number of anilines is 3. The number of hydrogen-bond donors (Lipinski definition) is 4. The molecule has 2 unspecified atom stereocenters. The number of aromatic hydroxyl groups is 1. The highest BCUT2D eigenvalue weighted by Gasteiger charge is 2.46. The SMILES string of the molecule is O=C1CCC(N2C(=O)c3cccc(NCCCCCN4CCN(C5CCN(c6ccc7c(c6)C(=O)N(C(C(=O)Nc6nccs6)c6cc(F)ccc6O)C7)CC5)CC4)c3C2=O)C(=O)N1. The highest BCUT2D eigenvalue weighted by Crippen LogP contribution is 2.38. The zero-order valence-corrected chi connectivity index (χ0v) is 36.1. The van der Waals surface area contributed by atoms with Gasteiger partial charge in [-0.25, -0.2) is 9.37 Å². The van der Waals surface area contributed by atoms with E-state index in [1.807, 2.05) is 18.2 Å². The van der Waals surface area contributed by atoms with Crippen molar-refractivity contribution in [3.63, 3.8) is 0 Å². The summed E-state index contributed by atoms with van der Waals surface area (Å²) in [5.41, 5.74) is 3.31. The molecule has 6 amide bonds. The van der Waals surface area contributed by atoms with Crippen LogP contribution < -0.4 is 20.9 Å². The average Bonchev–Trinajstić information content (AvgIpc) is 4.00. The Morgan fingerprint density at radius 1 is 0.891 bits per heavy atom. The maximum absolute atomic E-state index is 14.4. The smallest absolute Gasteiger partial charge is 0.264 e. The largest absolute Gasteiger partial charge is 0.508 e. The third-order valence-corrected chi connectivity index (χ3v) is 13.8. The molecule has 0 bridgehead atoms. The first-order valence-electron chi connectivity index (χ1n) is 22.0. The van der Waals surface area contributed by atoms with Gasteiger partial charge >= 0.3 is 0 Å². The van der Waals surface area contributed by atoms with Crippen LogP contribution in [-0.4, -0.2) is 130 Å². The number of benzene rings is 3. The number of imide groups is 2. The Morgan fingerprint density at radius 2 is 1.70 bits per heavy atom. The third kappa shape index (κ3) is 8.68. The third-order valence-electron chi connectivity index (χ3n) is 13.1. The Balaban J connectivity index is 0.713. The highest BCUT2D eigenvalue weighted by molar-refractivity contribution is 7.13. The van der Waals surface area contributed by atoms with Crippen LogP contribution in [-0.2, 0) is 20.9 Å². The van der Waals surface area contributed by atoms with Gasteiger partial charge in [0.25, 0.3) is 23.6 Å². The lowest BCUT2D eigenvalue weighted by Crippen LogP contribution is -2.54. The van der Waals surface area contributed by atoms with E-state index in [0.717, 1.165) is 106 Å². The van der Waals surface area contributed by atoms with Crippen LogP contribution in [0.2, 0.25) is 0 Å². The number of amides is 6. The van der Waals surface area contributed by atoms with Gasteiger partial charge in [0.15, 0.2) is 5.13 Å². The Kier molecular flexibility index (Phi) is 12.4. The molecular formula is C46H50FN9O7S. The van der Waals surface area contributed by atoms with E-state index in [9.17, 15) is 38.3 Å². The van der Waals surface area contributed by atoms with Crippen molar-refractivity contribution >= 4 is 63.3 Å². The monoisotopic (exact) mass is 891 g/mol. The topological polar surface area (TPSA) is 188 Å². The summed E-state index contributed by atoms with van der Waals surface area (Å²) in [6.07, 6.45) is 6.68. The van der Waals surface area contributed by atoms with Gasteiger partial charge in [0, 0.05) is 98.9 Å². The fourth-order valence-corrected chi connectivity index (χ4v) is 10.3. The summed E-state index contributed by atoms with van der Waals surface area (Å²) in [6, 6.07) is 12.5. The fraction of sp³-hybridized carbons (Fsp3) is 0.413. The fourth-order valence-electron chi connectivity index (χ4n) is 9.73. The second kappa shape index (κ2) is 18.5. The molecule has 5 aliphatic heterocycles. The van der Waals surface area contributed by atoms with Crippen LogP contribution in [0.3, 0.4) is 0 Å². The predicted octanol–water partition coefficient (Wildman–Crippen LogP) is 4.59. The van der Waals surface area contributed by atoms with E-state index in [4.69, 9.17) is 0 Å². The summed E-state index contributed by atoms with van der Waals surface area (Å²) < 4.78 is 14.4. The normalized spacial score (nSPS) is 20.1. The predicted molar refractivity (Wildman–Crippen MR) is 237 cm³/mol. The van der Waals surface area contributed by atoms with E-state index in [2.05, 4.69) is 35.6 Å². The average molecular weight is 892 g/mol. The number of hydrogen-bond acceptors (Lipinski definition) is 13. The number of piperidine rings is 2. The highest BCUT2D eigenvalue weighted by atomic mass is 32.1. The zero-order chi connectivity index (χ0) is 44.5. The minimum atomic E-state index is -1.28. The molecule has 4 N–H and O–H groups in total. The lowest BCUT2D eigenvalue weighted by atomic mass is 10.0. The molecule has 4 aromatic rings. The van der Waals surface area contributed by atoms with E-state index in [0.29, 0.717) is 29.0 Å². The van der Waals surface area contributed by atoms with Crippen molar-refractivity contribution in [1.29, 1.82) is 0 Å². The minimum Gasteiger partial charge on any atom is -0.508 e. The maximum atomic E-state index is 14.4. The van der Waals surface area contributed by atoms with E-state index in [1.54, 1.807) is 29.8 Å². The Morgan fingerprint density at radius 3 is 2.47 bits per heavy atom. The number of nitrogens with zero attached hydrogens (tertiary/aromatic N) is 6. The molecule has 18 heteroatoms. The molecular weight excluding hydrogens is 842 g/mol. The summed E-state index contributed by atoms with van der Waals surface area (Å²) in [4.78, 5) is 92.2. The van der Waals surface area contributed by atoms with Gasteiger partial charge in [-0.15, -0.1) is 11.3 Å². The van der Waals surface area contributed by atoms with Crippen molar-refractivity contribution in [3.05, 3.63) is 99.8 Å². The molecule has 5 aliphatic rings. The standard InChI is InChI=1S/C46H50FN9O7S/c47-29-8-11-37(57)34(25-29)40(42(60)51-46-49-16-24-64-46)55-27-28-7-9-31(26-33(28)43(55)61)53-18-13-30(14-19-53)54-22-20-52(21-23-54)17-3-1-2-15-48-35-6-4-5-32-39(35)45(63)56(44(32)62)36-10-12-38(58)50-41(36)59/h4-9,11,16,24-26,30,36,40,48,57H,1-3,10,12-15,17-23,27H2,(H,49,51,60)(H,50,58,59). The van der Waals surface area contributed by atoms with Gasteiger partial charge in [0.1, 0.15) is 23.7 Å². The number of aromatic nitrogens is 1. The van der Waals surface area contributed by atoms with Crippen LogP contribution in [0.1, 0.15) is 93.2 Å². The first kappa shape index (κ1) is 43.0. The molecule has 0 spiro atoms. The first-order valence-corrected chi connectivity index (χ1v) is 22.8. The molecule has 64 heavy (non-hydrogen) atoms. The van der Waals surface area contributed by atoms with E-state index >= 15 is 0 Å². The van der Waals surface area contributed by atoms with Crippen LogP contribution in [0.15, 0.2) is 66.2 Å². The lowest BCUT2D eigenvalue weighted by molar-refractivity contribution is -0.136. The van der Waals surface area contributed by atoms with Gasteiger partial charge in [0.05, 0.1) is 11.1 Å². The summed E-state index contributed by atoms with van der Waals surface area (Å²) in [5.74, 6) is -3.92. The number of rotatable bonds is 14. The molecule has 1 aromatic heterocycles. The van der Waals surface area contributed by atoms with Crippen LogP contribution in [0.25, 0.3) is 0 Å². The molecule has 0 radical (unpaired) electrons. The molecule has 3 aromatic carbocycles. The number of phenols is 1. The Hall–Kier alpha value is -6.24. The van der Waals surface area contributed by atoms with Gasteiger partial charge in [-0.05, 0) is 86.7 Å². The van der Waals surface area contributed by atoms with Crippen molar-refractivity contribution in [2.45, 2.75) is 69.6 Å². The van der Waals surface area contributed by atoms with Gasteiger partial charge in [-0.3, -0.25) is 49.2 Å². The van der Waals surface area contributed by atoms with Crippen LogP contribution in [0.4, 0.5) is 20.9 Å². The molecule has 3 saturated heterocycles. The lowest BCUT2D eigenvalue weighted by Gasteiger charge is -2.43. The van der Waals surface area contributed by atoms with E-state index in [1.165, 1.54) is 22.3 Å². The van der Waals surface area contributed by atoms with Gasteiger partial charge < -0.3 is 25.1 Å². The van der Waals surface area contributed by atoms with Crippen molar-refractivity contribution in [3.8, 4) is 5.75 Å². The number of halogens is 1. The summed E-state index contributed by atoms with van der Waals surface area (Å²) >= 11 is 1.22. The van der Waals surface area contributed by atoms with Crippen molar-refractivity contribution in [2.24, 2.45) is 0 Å². The molecule has 16 nitrogen and oxygen atoms in total. The molecule has 0 aliphatic carbocycles. The molecule has 334 valence electrons. The zero-order valence-electron chi connectivity index (χ0n) is 35.3. The van der Waals surface area contributed by atoms with Crippen LogP contribution in [0.5, 0.6) is 5.75 Å². The number of carbonyl (C=O) groups excluding carboxylic acids is 6. The Bertz CT molecular complexity index is 2470. The molecule has 3 fully saturated rings. The minimum absolute atomic E-state index is 0.000435. The van der Waals surface area contributed by atoms with E-state index in [-0.39, 0.29) is 47.7 Å². The summed E-state index contributed by atoms with van der Waals surface area (Å²) in [6.45, 7) is 7.51. The summed E-state index contributed by atoms with van der Waals surface area (Å²) in [5, 5.41) is 21.0. The Labute approximate surface area is 373 Å². The van der Waals surface area contributed by atoms with Crippen LogP contribution in [0, 0.1) is 5.82 Å². The second-order valence-electron chi connectivity index (χ2n) is 17.0. The molecule has 6 heterocycles. The first-order chi connectivity index (χ1) is 31.0. The number of nitrogens with one attached hydrogen (secondary N) is 3. The number of piperazine rings is 1. The maximum Gasteiger partial charge on any atom is 0.264 e. The molecule has 2 atom stereocenters. The second-order valence-corrected chi connectivity index (χ2v) is 17.9. The summed E-state index contributed by atoms with van der Waals surface area (Å²) in [7, 11) is 0. The number of unbranched alkanes of at least 4 members (excludes halogenated alkanes) is 2.